The minimum atomic E-state index is -0.913. The lowest BCUT2D eigenvalue weighted by atomic mass is 9.98. The van der Waals surface area contributed by atoms with Crippen molar-refractivity contribution in [3.8, 4) is 0 Å². The number of carbonyl (C=O) groups excluding carboxylic acids is 1. The van der Waals surface area contributed by atoms with Crippen LogP contribution in [0.1, 0.15) is 45.7 Å². The van der Waals surface area contributed by atoms with Crippen LogP contribution in [0.15, 0.2) is 60.7 Å². The molecule has 1 aliphatic rings. The zero-order valence-corrected chi connectivity index (χ0v) is 20.0. The van der Waals surface area contributed by atoms with E-state index in [0.717, 1.165) is 15.9 Å². The van der Waals surface area contributed by atoms with E-state index in [0.29, 0.717) is 6.42 Å². The standard InChI is InChI=1S/C26H34N2O5/c1-25(2,3)33-24(29)27-21(16-19-12-8-6-9-13-19)23-22(31-26(4,5)32-23)18-28(30)17-20-14-10-7-11-15-20/h6-15,18,21-23H,16-17H2,1-5H3,(H,27,29)/b28-18-/t21-,22+,23+/m1/s1. The summed E-state index contributed by atoms with van der Waals surface area (Å²) < 4.78 is 18.6. The summed E-state index contributed by atoms with van der Waals surface area (Å²) in [6, 6.07) is 18.8. The van der Waals surface area contributed by atoms with E-state index in [1.54, 1.807) is 13.8 Å². The van der Waals surface area contributed by atoms with E-state index in [2.05, 4.69) is 5.32 Å². The fourth-order valence-corrected chi connectivity index (χ4v) is 3.80. The molecule has 1 saturated heterocycles. The molecule has 0 saturated carbocycles. The molecule has 0 spiro atoms. The Morgan fingerprint density at radius 3 is 2.24 bits per heavy atom. The van der Waals surface area contributed by atoms with Gasteiger partial charge in [-0.05, 0) is 46.6 Å². The minimum absolute atomic E-state index is 0.191. The van der Waals surface area contributed by atoms with Gasteiger partial charge in [0.2, 0.25) is 0 Å². The molecule has 0 radical (unpaired) electrons. The highest BCUT2D eigenvalue weighted by Crippen LogP contribution is 2.30. The van der Waals surface area contributed by atoms with Gasteiger partial charge < -0.3 is 24.7 Å². The molecule has 0 aliphatic carbocycles. The van der Waals surface area contributed by atoms with Crippen molar-refractivity contribution in [1.82, 2.24) is 5.32 Å². The number of alkyl carbamates (subject to hydrolysis) is 1. The largest absolute Gasteiger partial charge is 0.624 e. The number of hydrogen-bond donors (Lipinski definition) is 1. The number of benzene rings is 2. The fourth-order valence-electron chi connectivity index (χ4n) is 3.80. The van der Waals surface area contributed by atoms with Crippen molar-refractivity contribution in [2.75, 3.05) is 0 Å². The van der Waals surface area contributed by atoms with Gasteiger partial charge in [-0.3, -0.25) is 0 Å². The number of ether oxygens (including phenoxy) is 3. The molecule has 1 aliphatic heterocycles. The number of amides is 1. The summed E-state index contributed by atoms with van der Waals surface area (Å²) in [7, 11) is 0. The summed E-state index contributed by atoms with van der Waals surface area (Å²) in [6.07, 6.45) is 0.205. The molecule has 2 aromatic carbocycles. The Balaban J connectivity index is 1.84. The van der Waals surface area contributed by atoms with Gasteiger partial charge in [-0.25, -0.2) is 9.53 Å². The summed E-state index contributed by atoms with van der Waals surface area (Å²) in [5.74, 6) is -0.913. The van der Waals surface area contributed by atoms with Crippen molar-refractivity contribution >= 4 is 12.3 Å². The maximum Gasteiger partial charge on any atom is 0.407 e. The minimum Gasteiger partial charge on any atom is -0.624 e. The lowest BCUT2D eigenvalue weighted by Gasteiger charge is -2.28. The van der Waals surface area contributed by atoms with Gasteiger partial charge in [-0.15, -0.1) is 0 Å². The lowest BCUT2D eigenvalue weighted by molar-refractivity contribution is -0.473. The molecular formula is C26H34N2O5. The van der Waals surface area contributed by atoms with E-state index in [1.807, 2.05) is 81.4 Å². The van der Waals surface area contributed by atoms with Crippen molar-refractivity contribution in [2.45, 2.75) is 77.2 Å². The van der Waals surface area contributed by atoms with E-state index in [4.69, 9.17) is 14.2 Å². The van der Waals surface area contributed by atoms with E-state index in [9.17, 15) is 10.0 Å². The van der Waals surface area contributed by atoms with Crippen molar-refractivity contribution in [3.05, 3.63) is 77.0 Å². The number of nitrogens with zero attached hydrogens (tertiary/aromatic N) is 1. The molecule has 0 bridgehead atoms. The first-order chi connectivity index (χ1) is 15.5. The monoisotopic (exact) mass is 454 g/mol. The van der Waals surface area contributed by atoms with Crippen LogP contribution in [-0.4, -0.2) is 46.7 Å². The van der Waals surface area contributed by atoms with Crippen molar-refractivity contribution < 1.29 is 23.7 Å². The average Bonchev–Trinajstić information content (AvgIpc) is 3.01. The summed E-state index contributed by atoms with van der Waals surface area (Å²) in [5.41, 5.74) is 1.28. The highest BCUT2D eigenvalue weighted by Gasteiger charge is 2.47. The first-order valence-electron chi connectivity index (χ1n) is 11.2. The van der Waals surface area contributed by atoms with Crippen molar-refractivity contribution in [2.24, 2.45) is 0 Å². The molecule has 1 amide bonds. The van der Waals surface area contributed by atoms with E-state index < -0.39 is 35.7 Å². The predicted molar refractivity (Wildman–Crippen MR) is 127 cm³/mol. The van der Waals surface area contributed by atoms with Crippen LogP contribution >= 0.6 is 0 Å². The van der Waals surface area contributed by atoms with Crippen LogP contribution in [0.3, 0.4) is 0 Å². The van der Waals surface area contributed by atoms with Crippen molar-refractivity contribution in [1.29, 1.82) is 0 Å². The fraction of sp³-hybridized carbons (Fsp3) is 0.462. The molecule has 1 fully saturated rings. The molecule has 0 unspecified atom stereocenters. The molecule has 1 N–H and O–H groups in total. The molecule has 7 nitrogen and oxygen atoms in total. The Labute approximate surface area is 195 Å². The number of hydroxylamine groups is 1. The molecular weight excluding hydrogens is 420 g/mol. The Hall–Kier alpha value is -2.90. The van der Waals surface area contributed by atoms with Crippen LogP contribution in [0, 0.1) is 5.21 Å². The summed E-state index contributed by atoms with van der Waals surface area (Å²) in [5, 5.41) is 15.7. The van der Waals surface area contributed by atoms with Gasteiger partial charge in [0.05, 0.1) is 6.04 Å². The number of nitrogens with one attached hydrogen (secondary N) is 1. The molecule has 2 aromatic rings. The van der Waals surface area contributed by atoms with Crippen molar-refractivity contribution in [3.63, 3.8) is 0 Å². The average molecular weight is 455 g/mol. The first-order valence-corrected chi connectivity index (χ1v) is 11.2. The number of carbonyl (C=O) groups is 1. The highest BCUT2D eigenvalue weighted by atomic mass is 16.8. The molecule has 178 valence electrons. The van der Waals surface area contributed by atoms with Gasteiger partial charge >= 0.3 is 6.09 Å². The Morgan fingerprint density at radius 1 is 1.09 bits per heavy atom. The molecule has 3 atom stereocenters. The predicted octanol–water partition coefficient (Wildman–Crippen LogP) is 4.42. The third-order valence-corrected chi connectivity index (χ3v) is 5.06. The topological polar surface area (TPSA) is 82.9 Å². The van der Waals surface area contributed by atoms with Gasteiger partial charge in [0.15, 0.2) is 24.7 Å². The van der Waals surface area contributed by atoms with Crippen LogP contribution in [-0.2, 0) is 27.2 Å². The Morgan fingerprint density at radius 2 is 1.67 bits per heavy atom. The van der Waals surface area contributed by atoms with Crippen LogP contribution in [0.2, 0.25) is 0 Å². The molecule has 7 heteroatoms. The summed E-state index contributed by atoms with van der Waals surface area (Å²) >= 11 is 0. The Kier molecular flexibility index (Phi) is 7.76. The Bertz CT molecular complexity index is 938. The zero-order chi connectivity index (χ0) is 24.1. The number of rotatable bonds is 7. The van der Waals surface area contributed by atoms with Crippen LogP contribution < -0.4 is 5.32 Å². The normalized spacial score (nSPS) is 21.4. The maximum atomic E-state index is 12.7. The van der Waals surface area contributed by atoms with Gasteiger partial charge in [0.25, 0.3) is 0 Å². The third-order valence-electron chi connectivity index (χ3n) is 5.06. The molecule has 0 aromatic heterocycles. The van der Waals surface area contributed by atoms with Crippen LogP contribution in [0.4, 0.5) is 4.79 Å². The smallest absolute Gasteiger partial charge is 0.407 e. The highest BCUT2D eigenvalue weighted by molar-refractivity contribution is 5.68. The second kappa shape index (κ2) is 10.4. The van der Waals surface area contributed by atoms with E-state index >= 15 is 0 Å². The SMILES string of the molecule is CC(C)(C)OC(=O)N[C@H](Cc1ccccc1)[C@@H]1OC(C)(C)O[C@H]1/C=[N+](\[O-])Cc1ccccc1. The lowest BCUT2D eigenvalue weighted by Crippen LogP contribution is -2.51. The second-order valence-corrected chi connectivity index (χ2v) is 9.72. The first kappa shape index (κ1) is 24.7. The molecule has 3 rings (SSSR count). The van der Waals surface area contributed by atoms with Gasteiger partial charge in [0, 0.05) is 5.56 Å². The quantitative estimate of drug-likeness (QED) is 0.290. The zero-order valence-electron chi connectivity index (χ0n) is 20.0. The third kappa shape index (κ3) is 7.87. The van der Waals surface area contributed by atoms with E-state index in [1.165, 1.54) is 6.21 Å². The second-order valence-electron chi connectivity index (χ2n) is 9.72. The van der Waals surface area contributed by atoms with Gasteiger partial charge in [-0.1, -0.05) is 60.7 Å². The van der Waals surface area contributed by atoms with Crippen LogP contribution in [0.5, 0.6) is 0 Å². The molecule has 33 heavy (non-hydrogen) atoms. The summed E-state index contributed by atoms with van der Waals surface area (Å²) in [6.45, 7) is 9.22. The van der Waals surface area contributed by atoms with Gasteiger partial charge in [0.1, 0.15) is 11.7 Å². The van der Waals surface area contributed by atoms with Crippen LogP contribution in [0.25, 0.3) is 0 Å². The van der Waals surface area contributed by atoms with Gasteiger partial charge in [-0.2, -0.15) is 0 Å². The molecule has 1 heterocycles. The van der Waals surface area contributed by atoms with E-state index in [-0.39, 0.29) is 6.54 Å². The summed E-state index contributed by atoms with van der Waals surface area (Å²) in [4.78, 5) is 12.6. The maximum absolute atomic E-state index is 12.7. The number of hydrogen-bond acceptors (Lipinski definition) is 5.